The number of alkyl halides is 3. The van der Waals surface area contributed by atoms with Crippen LogP contribution in [0.4, 0.5) is 17.6 Å². The highest BCUT2D eigenvalue weighted by Crippen LogP contribution is 2.38. The van der Waals surface area contributed by atoms with E-state index in [0.717, 1.165) is 61.3 Å². The molecule has 0 unspecified atom stereocenters. The van der Waals surface area contributed by atoms with E-state index < -0.39 is 131 Å². The van der Waals surface area contributed by atoms with Gasteiger partial charge in [-0.1, -0.05) is 73.6 Å². The standard InChI is InChI=1S/C58H94F4N10O9/c1-33(2)27-42(47(74)66-44(29-35(5)6)49(76)69-57(12,13)54(81)70-56(10,11)52(79)63-36(7)31-71(14)15)67-53(80)55(8,9)68-48(75)43(28-34(3)4)65-46(73)41(26-21-37-19-17-16-18-20-37)64-50(77)45-30-39(58(60,61)62)32-72(45)51(78)38-22-24-40(59)25-23-38/h22-25,33-37,39,41-45H,16-21,26-32H2,1-15H3,(H,63,79)(H,64,77)(H,65,73)(H,66,74)(H,67,80)(H,68,75)(H,69,76)(H,70,81)/t36-,39-,41-,42-,43-,44-,45-/m0/s1. The molecule has 0 aromatic heterocycles. The van der Waals surface area contributed by atoms with Gasteiger partial charge in [0.1, 0.15) is 52.6 Å². The molecular weight excluding hydrogens is 1060 g/mol. The lowest BCUT2D eigenvalue weighted by atomic mass is 9.85. The first-order valence-corrected chi connectivity index (χ1v) is 28.6. The molecule has 9 amide bonds. The topological polar surface area (TPSA) is 256 Å². The van der Waals surface area contributed by atoms with Crippen LogP contribution in [0, 0.1) is 35.4 Å². The Morgan fingerprint density at radius 1 is 0.580 bits per heavy atom. The predicted octanol–water partition coefficient (Wildman–Crippen LogP) is 5.41. The van der Waals surface area contributed by atoms with Crippen LogP contribution in [0.25, 0.3) is 0 Å². The van der Waals surface area contributed by atoms with E-state index in [0.29, 0.717) is 13.0 Å². The van der Waals surface area contributed by atoms with E-state index in [-0.39, 0.29) is 61.0 Å². The van der Waals surface area contributed by atoms with Crippen LogP contribution in [0.3, 0.4) is 0 Å². The number of likely N-dealkylation sites (tertiary alicyclic amines) is 1. The van der Waals surface area contributed by atoms with Gasteiger partial charge in [-0.05, 0) is 149 Å². The van der Waals surface area contributed by atoms with Gasteiger partial charge in [-0.3, -0.25) is 43.2 Å². The monoisotopic (exact) mass is 1150 g/mol. The van der Waals surface area contributed by atoms with Crippen molar-refractivity contribution in [2.45, 2.75) is 220 Å². The lowest BCUT2D eigenvalue weighted by Crippen LogP contribution is -2.65. The normalized spacial score (nSPS) is 18.3. The molecule has 7 atom stereocenters. The average Bonchev–Trinajstić information content (AvgIpc) is 3.92. The third kappa shape index (κ3) is 22.1. The Bertz CT molecular complexity index is 2340. The van der Waals surface area contributed by atoms with Crippen molar-refractivity contribution in [1.29, 1.82) is 0 Å². The maximum atomic E-state index is 14.4. The first-order valence-electron chi connectivity index (χ1n) is 28.6. The number of hydrogen-bond donors (Lipinski definition) is 8. The minimum Gasteiger partial charge on any atom is -0.350 e. The summed E-state index contributed by atoms with van der Waals surface area (Å²) < 4.78 is 56.4. The van der Waals surface area contributed by atoms with Crippen LogP contribution >= 0.6 is 0 Å². The molecule has 23 heteroatoms. The van der Waals surface area contributed by atoms with Crippen molar-refractivity contribution in [2.24, 2.45) is 29.6 Å². The van der Waals surface area contributed by atoms with Gasteiger partial charge in [-0.25, -0.2) is 4.39 Å². The Hall–Kier alpha value is -5.87. The summed E-state index contributed by atoms with van der Waals surface area (Å²) in [6.45, 7) is 21.3. The molecular formula is C58H94F4N10O9. The Balaban J connectivity index is 1.83. The van der Waals surface area contributed by atoms with E-state index in [1.54, 1.807) is 27.7 Å². The zero-order valence-electron chi connectivity index (χ0n) is 50.4. The molecule has 8 N–H and O–H groups in total. The fourth-order valence-electron chi connectivity index (χ4n) is 10.1. The summed E-state index contributed by atoms with van der Waals surface area (Å²) in [7, 11) is 3.73. The SMILES string of the molecule is CC(C)C[C@H](NC(=O)[C@H](CCC1CCCCC1)NC(=O)[C@@H]1C[C@H](C(F)(F)F)CN1C(=O)c1ccc(F)cc1)C(=O)NC(C)(C)C(=O)N[C@@H](CC(C)C)C(=O)N[C@@H](CC(C)C)C(=O)NC(C)(C)C(=O)NC(C)(C)C(=O)N[C@@H](C)CN(C)C. The molecule has 2 fully saturated rings. The van der Waals surface area contributed by atoms with E-state index >= 15 is 0 Å². The number of amides is 9. The number of benzene rings is 1. The molecule has 458 valence electrons. The Morgan fingerprint density at radius 3 is 1.49 bits per heavy atom. The van der Waals surface area contributed by atoms with Gasteiger partial charge >= 0.3 is 6.18 Å². The Kier molecular flexibility index (Phi) is 25.6. The molecule has 1 aliphatic carbocycles. The lowest BCUT2D eigenvalue weighted by Gasteiger charge is -2.34. The zero-order chi connectivity index (χ0) is 61.5. The van der Waals surface area contributed by atoms with Crippen LogP contribution in [0.5, 0.6) is 0 Å². The average molecular weight is 1150 g/mol. The largest absolute Gasteiger partial charge is 0.393 e. The zero-order valence-corrected chi connectivity index (χ0v) is 50.4. The smallest absolute Gasteiger partial charge is 0.350 e. The van der Waals surface area contributed by atoms with E-state index in [4.69, 9.17) is 0 Å². The molecule has 0 bridgehead atoms. The number of nitrogens with one attached hydrogen (secondary N) is 8. The summed E-state index contributed by atoms with van der Waals surface area (Å²) in [5.74, 6) is -9.85. The van der Waals surface area contributed by atoms with Crippen LogP contribution in [-0.4, -0.2) is 149 Å². The van der Waals surface area contributed by atoms with Crippen molar-refractivity contribution in [1.82, 2.24) is 52.3 Å². The van der Waals surface area contributed by atoms with Gasteiger partial charge in [0.15, 0.2) is 0 Å². The van der Waals surface area contributed by atoms with Crippen molar-refractivity contribution in [3.63, 3.8) is 0 Å². The number of rotatable bonds is 28. The van der Waals surface area contributed by atoms with Crippen LogP contribution in [0.1, 0.15) is 171 Å². The van der Waals surface area contributed by atoms with Gasteiger partial charge < -0.3 is 52.3 Å². The lowest BCUT2D eigenvalue weighted by molar-refractivity contribution is -0.170. The van der Waals surface area contributed by atoms with Crippen molar-refractivity contribution in [3.05, 3.63) is 35.6 Å². The van der Waals surface area contributed by atoms with Crippen molar-refractivity contribution in [2.75, 3.05) is 27.2 Å². The summed E-state index contributed by atoms with van der Waals surface area (Å²) in [5.41, 5.74) is -4.79. The highest BCUT2D eigenvalue weighted by molar-refractivity contribution is 6.01. The fraction of sp³-hybridized carbons (Fsp3) is 0.741. The third-order valence-corrected chi connectivity index (χ3v) is 14.7. The minimum absolute atomic E-state index is 0.0496. The third-order valence-electron chi connectivity index (χ3n) is 14.7. The summed E-state index contributed by atoms with van der Waals surface area (Å²) in [6.07, 6.45) is 0.0130. The molecule has 1 aromatic rings. The summed E-state index contributed by atoms with van der Waals surface area (Å²) >= 11 is 0. The van der Waals surface area contributed by atoms with Crippen LogP contribution in [0.15, 0.2) is 24.3 Å². The molecule has 0 spiro atoms. The molecule has 1 saturated carbocycles. The van der Waals surface area contributed by atoms with E-state index in [1.165, 1.54) is 27.7 Å². The van der Waals surface area contributed by atoms with E-state index in [2.05, 4.69) is 42.5 Å². The van der Waals surface area contributed by atoms with Gasteiger partial charge in [0.2, 0.25) is 47.3 Å². The number of carbonyl (C=O) groups is 9. The molecule has 0 radical (unpaired) electrons. The molecule has 1 aliphatic heterocycles. The van der Waals surface area contributed by atoms with Gasteiger partial charge in [-0.15, -0.1) is 0 Å². The van der Waals surface area contributed by atoms with Crippen molar-refractivity contribution in [3.8, 4) is 0 Å². The van der Waals surface area contributed by atoms with Gasteiger partial charge in [0.25, 0.3) is 5.91 Å². The van der Waals surface area contributed by atoms with Gasteiger partial charge in [-0.2, -0.15) is 13.2 Å². The molecule has 2 aliphatic rings. The maximum absolute atomic E-state index is 14.4. The van der Waals surface area contributed by atoms with E-state index in [1.807, 2.05) is 53.6 Å². The first-order chi connectivity index (χ1) is 37.3. The second kappa shape index (κ2) is 29.9. The molecule has 1 saturated heterocycles. The first kappa shape index (κ1) is 69.4. The molecule has 1 heterocycles. The highest BCUT2D eigenvalue weighted by atomic mass is 19.4. The van der Waals surface area contributed by atoms with Gasteiger partial charge in [0.05, 0.1) is 5.92 Å². The van der Waals surface area contributed by atoms with Crippen LogP contribution in [-0.2, 0) is 38.4 Å². The Labute approximate surface area is 476 Å². The van der Waals surface area contributed by atoms with Crippen LogP contribution < -0.4 is 42.5 Å². The van der Waals surface area contributed by atoms with Gasteiger partial charge in [0, 0.05) is 24.7 Å². The maximum Gasteiger partial charge on any atom is 0.393 e. The molecule has 3 rings (SSSR count). The molecule has 19 nitrogen and oxygen atoms in total. The number of carbonyl (C=O) groups excluding carboxylic acids is 9. The number of hydrogen-bond acceptors (Lipinski definition) is 10. The fourth-order valence-corrected chi connectivity index (χ4v) is 10.1. The molecule has 1 aromatic carbocycles. The second-order valence-corrected chi connectivity index (χ2v) is 25.6. The van der Waals surface area contributed by atoms with Crippen molar-refractivity contribution >= 4 is 53.2 Å². The van der Waals surface area contributed by atoms with E-state index in [9.17, 15) is 60.7 Å². The highest BCUT2D eigenvalue weighted by Gasteiger charge is 2.51. The number of likely N-dealkylation sites (N-methyl/N-ethyl adjacent to an activating group) is 1. The predicted molar refractivity (Wildman–Crippen MR) is 300 cm³/mol. The van der Waals surface area contributed by atoms with Crippen molar-refractivity contribution < 1.29 is 60.7 Å². The molecule has 81 heavy (non-hydrogen) atoms. The summed E-state index contributed by atoms with van der Waals surface area (Å²) in [6, 6.07) is -2.73. The minimum atomic E-state index is -4.77. The Morgan fingerprint density at radius 2 is 1.02 bits per heavy atom. The summed E-state index contributed by atoms with van der Waals surface area (Å²) in [5, 5.41) is 21.9. The second-order valence-electron chi connectivity index (χ2n) is 25.6. The number of nitrogens with zero attached hydrogens (tertiary/aromatic N) is 2. The summed E-state index contributed by atoms with van der Waals surface area (Å²) in [4.78, 5) is 129. The number of halogens is 4. The van der Waals surface area contributed by atoms with Crippen LogP contribution in [0.2, 0.25) is 0 Å². The quantitative estimate of drug-likeness (QED) is 0.0496.